The third kappa shape index (κ3) is 10.3. The molecule has 0 saturated heterocycles. The van der Waals surface area contributed by atoms with Gasteiger partial charge in [0.15, 0.2) is 5.78 Å². The molecule has 0 aliphatic heterocycles. The first-order valence-electron chi connectivity index (χ1n) is 14.2. The summed E-state index contributed by atoms with van der Waals surface area (Å²) in [5, 5.41) is 6.13. The highest BCUT2D eigenvalue weighted by Crippen LogP contribution is 2.61. The SMILES string of the molecule is C1=Cc2cccnc2C1.N[C@H]1c2cccnc2C[C@H]1O.O=C1CCc2ncccc21.O=P(Cl)(Cl)Cl.c1cnc2c(c1)CCC2. The smallest absolute Gasteiger partial charge is 0.339 e. The molecule has 0 fully saturated rings. The van der Waals surface area contributed by atoms with Crippen LogP contribution < -0.4 is 5.73 Å². The Bertz CT molecular complexity index is 1610. The maximum absolute atomic E-state index is 11.0. The van der Waals surface area contributed by atoms with Crippen LogP contribution in [-0.4, -0.2) is 36.9 Å². The molecule has 8 nitrogen and oxygen atoms in total. The van der Waals surface area contributed by atoms with Gasteiger partial charge in [0.1, 0.15) is 0 Å². The van der Waals surface area contributed by atoms with Gasteiger partial charge in [-0.05, 0) is 106 Å². The summed E-state index contributed by atoms with van der Waals surface area (Å²) in [4.78, 5) is 27.7. The molecule has 4 aliphatic rings. The van der Waals surface area contributed by atoms with E-state index < -0.39 is 11.3 Å². The van der Waals surface area contributed by atoms with Crippen LogP contribution in [0.5, 0.6) is 0 Å². The molecule has 0 unspecified atom stereocenters. The van der Waals surface area contributed by atoms with Gasteiger partial charge in [0.2, 0.25) is 0 Å². The first kappa shape index (κ1) is 33.9. The number of hydrogen-bond acceptors (Lipinski definition) is 8. The molecule has 4 aromatic heterocycles. The highest BCUT2D eigenvalue weighted by molar-refractivity contribution is 8.24. The fraction of sp³-hybridized carbons (Fsp3) is 0.281. The molecule has 0 bridgehead atoms. The van der Waals surface area contributed by atoms with E-state index in [9.17, 15) is 14.5 Å². The number of hydrogen-bond donors (Lipinski definition) is 2. The number of nitrogens with zero attached hydrogens (tertiary/aromatic N) is 4. The number of halogens is 3. The van der Waals surface area contributed by atoms with E-state index in [1.807, 2.05) is 48.8 Å². The molecular weight excluding hydrogens is 640 g/mol. The third-order valence-corrected chi connectivity index (χ3v) is 7.26. The van der Waals surface area contributed by atoms with Crippen molar-refractivity contribution >= 4 is 50.8 Å². The Morgan fingerprint density at radius 2 is 1.39 bits per heavy atom. The zero-order valence-electron chi connectivity index (χ0n) is 23.9. The van der Waals surface area contributed by atoms with E-state index in [4.69, 9.17) is 5.73 Å². The lowest BCUT2D eigenvalue weighted by Gasteiger charge is -2.07. The van der Waals surface area contributed by atoms with Crippen LogP contribution in [0.4, 0.5) is 0 Å². The molecule has 0 spiro atoms. The number of Topliss-reactive ketones (excluding diaryl/α,β-unsaturated/α-hetero) is 1. The molecule has 0 aromatic carbocycles. The van der Waals surface area contributed by atoms with Gasteiger partial charge in [-0.1, -0.05) is 30.4 Å². The van der Waals surface area contributed by atoms with Crippen molar-refractivity contribution in [1.29, 1.82) is 0 Å². The number of aryl methyl sites for hydroxylation is 3. The number of aliphatic hydroxyl groups excluding tert-OH is 1. The van der Waals surface area contributed by atoms with Crippen molar-refractivity contribution < 1.29 is 14.5 Å². The van der Waals surface area contributed by atoms with Gasteiger partial charge in [0.05, 0.1) is 23.5 Å². The number of fused-ring (bicyclic) bond motifs is 4. The Morgan fingerprint density at radius 1 is 0.773 bits per heavy atom. The van der Waals surface area contributed by atoms with Gasteiger partial charge in [-0.2, -0.15) is 0 Å². The zero-order valence-corrected chi connectivity index (χ0v) is 27.1. The van der Waals surface area contributed by atoms with E-state index in [0.29, 0.717) is 12.8 Å². The summed E-state index contributed by atoms with van der Waals surface area (Å²) in [5.74, 6) is 0.239. The number of carbonyl (C=O) groups is 1. The second kappa shape index (κ2) is 16.4. The summed E-state index contributed by atoms with van der Waals surface area (Å²) >= 11 is 13.8. The van der Waals surface area contributed by atoms with Crippen molar-refractivity contribution in [2.75, 3.05) is 0 Å². The molecule has 12 heteroatoms. The van der Waals surface area contributed by atoms with E-state index in [0.717, 1.165) is 35.4 Å². The maximum Gasteiger partial charge on any atom is 0.339 e. The van der Waals surface area contributed by atoms with Crippen molar-refractivity contribution in [3.8, 4) is 0 Å². The quantitative estimate of drug-likeness (QED) is 0.187. The summed E-state index contributed by atoms with van der Waals surface area (Å²) in [6, 6.07) is 15.4. The molecule has 4 aliphatic carbocycles. The van der Waals surface area contributed by atoms with Crippen molar-refractivity contribution in [1.82, 2.24) is 19.9 Å². The van der Waals surface area contributed by atoms with Gasteiger partial charge in [-0.25, -0.2) is 0 Å². The van der Waals surface area contributed by atoms with Crippen LogP contribution in [0, 0.1) is 0 Å². The molecule has 4 aromatic rings. The molecule has 44 heavy (non-hydrogen) atoms. The van der Waals surface area contributed by atoms with Gasteiger partial charge in [-0.15, -0.1) is 0 Å². The number of rotatable bonds is 0. The summed E-state index contributed by atoms with van der Waals surface area (Å²) < 4.78 is 9.51. The van der Waals surface area contributed by atoms with Gasteiger partial charge >= 0.3 is 5.20 Å². The molecule has 0 saturated carbocycles. The second-order valence-electron chi connectivity index (χ2n) is 10.3. The third-order valence-electron chi connectivity index (χ3n) is 7.26. The lowest BCUT2D eigenvalue weighted by Crippen LogP contribution is -2.21. The number of aliphatic hydroxyl groups is 1. The Kier molecular flexibility index (Phi) is 12.6. The molecule has 8 rings (SSSR count). The summed E-state index contributed by atoms with van der Waals surface area (Å²) in [6.07, 6.45) is 17.8. The molecule has 230 valence electrons. The van der Waals surface area contributed by atoms with Gasteiger partial charge in [0, 0.05) is 61.0 Å². The molecule has 4 heterocycles. The zero-order chi connectivity index (χ0) is 31.5. The Hall–Kier alpha value is -2.97. The van der Waals surface area contributed by atoms with E-state index in [1.54, 1.807) is 12.4 Å². The topological polar surface area (TPSA) is 132 Å². The van der Waals surface area contributed by atoms with Crippen LogP contribution in [-0.2, 0) is 36.7 Å². The molecule has 3 N–H and O–H groups in total. The van der Waals surface area contributed by atoms with E-state index in [2.05, 4.69) is 77.9 Å². The van der Waals surface area contributed by atoms with E-state index in [-0.39, 0.29) is 11.8 Å². The number of ketones is 1. The van der Waals surface area contributed by atoms with Crippen LogP contribution in [0.25, 0.3) is 6.08 Å². The lowest BCUT2D eigenvalue weighted by atomic mass is 10.1. The van der Waals surface area contributed by atoms with Crippen LogP contribution in [0.2, 0.25) is 0 Å². The average molecular weight is 673 g/mol. The second-order valence-corrected chi connectivity index (χ2v) is 16.9. The fourth-order valence-corrected chi connectivity index (χ4v) is 5.16. The molecule has 0 amide bonds. The first-order valence-corrected chi connectivity index (χ1v) is 18.6. The fourth-order valence-electron chi connectivity index (χ4n) is 5.16. The van der Waals surface area contributed by atoms with Crippen molar-refractivity contribution in [2.24, 2.45) is 5.73 Å². The standard InChI is InChI=1S/C8H10N2O.C8H7NO.C8H9N.C8H7N.Cl3OP/c9-8-5-2-1-3-10-6(5)4-7(8)11;10-8-4-3-7-6(8)2-1-5-9-7;2*1-3-7-4-2-6-9-8(7)5-1;1-5(2,3)4/h1-3,7-8,11H,4,9H2;1-2,5H,3-4H2;2,4,6H,1,3,5H2;1-4,6H,5H2;/t7-,8+;;;;/m1..../s1. The minimum atomic E-state index is -3.22. The van der Waals surface area contributed by atoms with Crippen molar-refractivity contribution in [3.63, 3.8) is 0 Å². The monoisotopic (exact) mass is 671 g/mol. The van der Waals surface area contributed by atoms with Gasteiger partial charge < -0.3 is 10.8 Å². The minimum absolute atomic E-state index is 0.237. The predicted octanol–water partition coefficient (Wildman–Crippen LogP) is 7.24. The molecule has 2 atom stereocenters. The number of carbonyl (C=O) groups excluding carboxylic acids is 1. The Balaban J connectivity index is 0.000000128. The van der Waals surface area contributed by atoms with Crippen molar-refractivity contribution in [3.05, 3.63) is 124 Å². The number of allylic oxidation sites excluding steroid dienone is 1. The van der Waals surface area contributed by atoms with Gasteiger partial charge in [0.25, 0.3) is 0 Å². The summed E-state index contributed by atoms with van der Waals surface area (Å²) in [7, 11) is 0. The predicted molar refractivity (Wildman–Crippen MR) is 176 cm³/mol. The normalized spacial score (nSPS) is 18.0. The average Bonchev–Trinajstić information content (AvgIpc) is 3.81. The first-order chi connectivity index (χ1) is 21.1. The largest absolute Gasteiger partial charge is 0.391 e. The van der Waals surface area contributed by atoms with Gasteiger partial charge in [-0.3, -0.25) is 29.3 Å². The number of pyridine rings is 4. The number of nitrogens with two attached hydrogens (primary N) is 1. The highest BCUT2D eigenvalue weighted by atomic mass is 36.0. The van der Waals surface area contributed by atoms with Crippen LogP contribution >= 0.6 is 38.9 Å². The minimum Gasteiger partial charge on any atom is -0.391 e. The van der Waals surface area contributed by atoms with E-state index in [1.165, 1.54) is 41.8 Å². The van der Waals surface area contributed by atoms with Crippen LogP contribution in [0.1, 0.15) is 68.7 Å². The van der Waals surface area contributed by atoms with Crippen molar-refractivity contribution in [2.45, 2.75) is 57.1 Å². The highest BCUT2D eigenvalue weighted by Gasteiger charge is 2.28. The number of aromatic nitrogens is 4. The lowest BCUT2D eigenvalue weighted by molar-refractivity contribution is 0.0994. The molecule has 0 radical (unpaired) electrons. The Morgan fingerprint density at radius 3 is 2.05 bits per heavy atom. The van der Waals surface area contributed by atoms with E-state index >= 15 is 0 Å². The maximum atomic E-state index is 11.0. The van der Waals surface area contributed by atoms with Crippen LogP contribution in [0.15, 0.2) is 79.4 Å². The van der Waals surface area contributed by atoms with Crippen LogP contribution in [0.3, 0.4) is 0 Å². The molecular formula is C32H33Cl3N5O3P. The summed E-state index contributed by atoms with van der Waals surface area (Å²) in [6.45, 7) is 0. The summed E-state index contributed by atoms with van der Waals surface area (Å²) in [5.41, 5.74) is 14.7. The Labute approximate surface area is 271 Å².